The van der Waals surface area contributed by atoms with Crippen molar-refractivity contribution in [2.24, 2.45) is 0 Å². The first kappa shape index (κ1) is 11.3. The molecule has 1 aromatic rings. The van der Waals surface area contributed by atoms with Crippen LogP contribution in [-0.4, -0.2) is 22.6 Å². The molecular formula is C9H14N2O2S. The topological polar surface area (TPSA) is 41.6 Å². The van der Waals surface area contributed by atoms with E-state index in [9.17, 15) is 4.21 Å². The minimum atomic E-state index is -1.42. The Kier molecular flexibility index (Phi) is 4.75. The molecule has 0 spiro atoms. The highest BCUT2D eigenvalue weighted by Crippen LogP contribution is 1.97. The molecule has 1 atom stereocenters. The Labute approximate surface area is 86.6 Å². The van der Waals surface area contributed by atoms with Crippen LogP contribution in [0.5, 0.6) is 0 Å². The van der Waals surface area contributed by atoms with E-state index in [4.69, 9.17) is 4.28 Å². The summed E-state index contributed by atoms with van der Waals surface area (Å²) in [5, 5.41) is 0. The molecule has 14 heavy (non-hydrogen) atoms. The molecule has 5 heteroatoms. The van der Waals surface area contributed by atoms with Crippen molar-refractivity contribution in [2.75, 3.05) is 14.1 Å². The molecule has 0 amide bonds. The quantitative estimate of drug-likeness (QED) is 0.739. The molecule has 0 aliphatic carbocycles. The van der Waals surface area contributed by atoms with Crippen molar-refractivity contribution in [1.29, 1.82) is 0 Å². The third-order valence-corrected chi connectivity index (χ3v) is 2.40. The third kappa shape index (κ3) is 3.97. The summed E-state index contributed by atoms with van der Waals surface area (Å²) in [4.78, 5) is 0. The van der Waals surface area contributed by atoms with E-state index in [-0.39, 0.29) is 0 Å². The first-order valence-electron chi connectivity index (χ1n) is 4.23. The highest BCUT2D eigenvalue weighted by Gasteiger charge is 2.01. The monoisotopic (exact) mass is 214 g/mol. The number of hydroxylamine groups is 1. The van der Waals surface area contributed by atoms with Crippen molar-refractivity contribution >= 4 is 11.3 Å². The maximum Gasteiger partial charge on any atom is 0.254 e. The van der Waals surface area contributed by atoms with Gasteiger partial charge in [0.2, 0.25) is 0 Å². The van der Waals surface area contributed by atoms with Gasteiger partial charge in [-0.05, 0) is 5.56 Å². The molecule has 0 heterocycles. The second-order valence-electron chi connectivity index (χ2n) is 2.92. The number of nitrogens with one attached hydrogen (secondary N) is 1. The lowest BCUT2D eigenvalue weighted by Crippen LogP contribution is -2.24. The van der Waals surface area contributed by atoms with Gasteiger partial charge in [0.1, 0.15) is 0 Å². The Balaban J connectivity index is 2.26. The van der Waals surface area contributed by atoms with Gasteiger partial charge in [0, 0.05) is 20.6 Å². The lowest BCUT2D eigenvalue weighted by Gasteiger charge is -2.08. The summed E-state index contributed by atoms with van der Waals surface area (Å²) in [5.74, 6) is 0. The molecule has 4 nitrogen and oxygen atoms in total. The molecular weight excluding hydrogens is 200 g/mol. The normalized spacial score (nSPS) is 13.1. The number of rotatable bonds is 5. The molecule has 0 fully saturated rings. The van der Waals surface area contributed by atoms with E-state index in [1.54, 1.807) is 14.1 Å². The van der Waals surface area contributed by atoms with Crippen molar-refractivity contribution in [3.8, 4) is 0 Å². The Hall–Kier alpha value is -0.750. The van der Waals surface area contributed by atoms with Crippen LogP contribution in [-0.2, 0) is 22.1 Å². The van der Waals surface area contributed by atoms with E-state index in [1.165, 1.54) is 4.31 Å². The summed E-state index contributed by atoms with van der Waals surface area (Å²) in [6.45, 7) is 0.542. The van der Waals surface area contributed by atoms with Crippen molar-refractivity contribution < 1.29 is 8.49 Å². The lowest BCUT2D eigenvalue weighted by molar-refractivity contribution is 0.203. The fourth-order valence-corrected chi connectivity index (χ4v) is 1.14. The molecule has 1 aromatic carbocycles. The van der Waals surface area contributed by atoms with Crippen LogP contribution in [0, 0.1) is 0 Å². The molecule has 0 radical (unpaired) electrons. The molecule has 78 valence electrons. The van der Waals surface area contributed by atoms with Crippen molar-refractivity contribution in [2.45, 2.75) is 6.54 Å². The molecule has 0 aliphatic heterocycles. The fraction of sp³-hybridized carbons (Fsp3) is 0.333. The Morgan fingerprint density at radius 2 is 2.00 bits per heavy atom. The lowest BCUT2D eigenvalue weighted by atomic mass is 10.2. The van der Waals surface area contributed by atoms with Gasteiger partial charge in [-0.15, -0.1) is 0 Å². The van der Waals surface area contributed by atoms with Gasteiger partial charge in [-0.2, -0.15) is 9.76 Å². The van der Waals surface area contributed by atoms with Crippen molar-refractivity contribution in [3.05, 3.63) is 35.9 Å². The van der Waals surface area contributed by atoms with Crippen LogP contribution in [0.15, 0.2) is 30.3 Å². The summed E-state index contributed by atoms with van der Waals surface area (Å²) in [5.41, 5.74) is 3.73. The fourth-order valence-electron chi connectivity index (χ4n) is 0.834. The van der Waals surface area contributed by atoms with Crippen LogP contribution in [0.4, 0.5) is 0 Å². The molecule has 1 rings (SSSR count). The van der Waals surface area contributed by atoms with Gasteiger partial charge in [0.15, 0.2) is 0 Å². The molecule has 0 bridgehead atoms. The van der Waals surface area contributed by atoms with Gasteiger partial charge < -0.3 is 0 Å². The molecule has 1 N–H and O–H groups in total. The van der Waals surface area contributed by atoms with Gasteiger partial charge >= 0.3 is 0 Å². The van der Waals surface area contributed by atoms with E-state index in [2.05, 4.69) is 5.48 Å². The van der Waals surface area contributed by atoms with Gasteiger partial charge in [0.25, 0.3) is 11.3 Å². The Bertz CT molecular complexity index is 290. The molecule has 0 saturated carbocycles. The molecule has 0 aliphatic rings. The second kappa shape index (κ2) is 5.87. The average molecular weight is 214 g/mol. The second-order valence-corrected chi connectivity index (χ2v) is 4.25. The zero-order chi connectivity index (χ0) is 10.4. The third-order valence-electron chi connectivity index (χ3n) is 1.55. The van der Waals surface area contributed by atoms with E-state index in [1.807, 2.05) is 30.3 Å². The van der Waals surface area contributed by atoms with E-state index in [0.717, 1.165) is 5.56 Å². The largest absolute Gasteiger partial charge is 0.254 e. The van der Waals surface area contributed by atoms with Gasteiger partial charge in [-0.25, -0.2) is 8.51 Å². The number of hydrogen-bond acceptors (Lipinski definition) is 3. The number of nitrogens with zero attached hydrogens (tertiary/aromatic N) is 1. The molecule has 0 aromatic heterocycles. The summed E-state index contributed by atoms with van der Waals surface area (Å²) >= 11 is -1.42. The first-order chi connectivity index (χ1) is 6.70. The van der Waals surface area contributed by atoms with E-state index < -0.39 is 11.3 Å². The van der Waals surface area contributed by atoms with E-state index in [0.29, 0.717) is 6.54 Å². The number of benzene rings is 1. The standard InChI is InChI=1S/C9H14N2O2S/c1-11(2)14(12)13-10-8-9-6-4-3-5-7-9/h3-7,10H,8H2,1-2H3. The van der Waals surface area contributed by atoms with Crippen LogP contribution in [0.1, 0.15) is 5.56 Å². The Morgan fingerprint density at radius 3 is 2.57 bits per heavy atom. The SMILES string of the molecule is CN(C)S(=O)ONCc1ccccc1. The Morgan fingerprint density at radius 1 is 1.36 bits per heavy atom. The smallest absolute Gasteiger partial charge is 0.210 e. The molecule has 0 saturated heterocycles. The first-order valence-corrected chi connectivity index (χ1v) is 5.26. The van der Waals surface area contributed by atoms with Crippen LogP contribution in [0.25, 0.3) is 0 Å². The summed E-state index contributed by atoms with van der Waals surface area (Å²) in [6, 6.07) is 9.77. The van der Waals surface area contributed by atoms with Gasteiger partial charge in [-0.1, -0.05) is 30.3 Å². The highest BCUT2D eigenvalue weighted by atomic mass is 32.2. The average Bonchev–Trinajstić information content (AvgIpc) is 2.19. The van der Waals surface area contributed by atoms with Crippen LogP contribution in [0.2, 0.25) is 0 Å². The van der Waals surface area contributed by atoms with Crippen molar-refractivity contribution in [1.82, 2.24) is 9.79 Å². The maximum atomic E-state index is 11.1. The predicted octanol–water partition coefficient (Wildman–Crippen LogP) is 0.848. The zero-order valence-electron chi connectivity index (χ0n) is 8.27. The van der Waals surface area contributed by atoms with Gasteiger partial charge in [-0.3, -0.25) is 0 Å². The van der Waals surface area contributed by atoms with Gasteiger partial charge in [0.05, 0.1) is 0 Å². The summed E-state index contributed by atoms with van der Waals surface area (Å²) < 4.78 is 17.4. The van der Waals surface area contributed by atoms with Crippen molar-refractivity contribution in [3.63, 3.8) is 0 Å². The predicted molar refractivity (Wildman–Crippen MR) is 56.2 cm³/mol. The van der Waals surface area contributed by atoms with Crippen LogP contribution in [0.3, 0.4) is 0 Å². The summed E-state index contributed by atoms with van der Waals surface area (Å²) in [7, 11) is 3.36. The molecule has 1 unspecified atom stereocenters. The van der Waals surface area contributed by atoms with E-state index >= 15 is 0 Å². The summed E-state index contributed by atoms with van der Waals surface area (Å²) in [6.07, 6.45) is 0. The highest BCUT2D eigenvalue weighted by molar-refractivity contribution is 7.77. The maximum absolute atomic E-state index is 11.1. The van der Waals surface area contributed by atoms with Crippen LogP contribution < -0.4 is 5.48 Å². The number of hydrogen-bond donors (Lipinski definition) is 1. The zero-order valence-corrected chi connectivity index (χ0v) is 9.08. The minimum Gasteiger partial charge on any atom is -0.210 e. The van der Waals surface area contributed by atoms with Crippen LogP contribution >= 0.6 is 0 Å². The minimum absolute atomic E-state index is 0.542.